The second kappa shape index (κ2) is 8.82. The molecule has 0 saturated heterocycles. The number of nitrogen functional groups attached to an aromatic ring is 1. The van der Waals surface area contributed by atoms with Gasteiger partial charge in [0.2, 0.25) is 5.91 Å². The highest BCUT2D eigenvalue weighted by Crippen LogP contribution is 2.16. The third-order valence-corrected chi connectivity index (χ3v) is 4.01. The lowest BCUT2D eigenvalue weighted by Gasteiger charge is -2.09. The first-order valence-electron chi connectivity index (χ1n) is 6.49. The van der Waals surface area contributed by atoms with Crippen LogP contribution in [0.2, 0.25) is 0 Å². The number of anilines is 2. The average molecular weight is 282 g/mol. The summed E-state index contributed by atoms with van der Waals surface area (Å²) in [5.41, 5.74) is 7.04. The third kappa shape index (κ3) is 7.08. The molecule has 1 amide bonds. The van der Waals surface area contributed by atoms with Gasteiger partial charge in [-0.1, -0.05) is 6.92 Å². The summed E-state index contributed by atoms with van der Waals surface area (Å²) in [6.07, 6.45) is 2.17. The largest absolute Gasteiger partial charge is 0.399 e. The lowest BCUT2D eigenvalue weighted by Crippen LogP contribution is -2.11. The third-order valence-electron chi connectivity index (χ3n) is 2.68. The topological polar surface area (TPSA) is 75.3 Å². The van der Waals surface area contributed by atoms with Crippen LogP contribution < -0.4 is 11.1 Å². The van der Waals surface area contributed by atoms with Gasteiger partial charge < -0.3 is 16.2 Å². The fourth-order valence-corrected chi connectivity index (χ4v) is 2.56. The van der Waals surface area contributed by atoms with E-state index < -0.39 is 0 Å². The van der Waals surface area contributed by atoms with E-state index in [1.807, 2.05) is 0 Å². The van der Waals surface area contributed by atoms with Gasteiger partial charge in [-0.15, -0.1) is 0 Å². The molecule has 0 aliphatic heterocycles. The normalized spacial score (nSPS) is 12.1. The molecule has 1 unspecified atom stereocenters. The van der Waals surface area contributed by atoms with Crippen molar-refractivity contribution >= 4 is 29.0 Å². The minimum atomic E-state index is 0.0279. The molecule has 1 aromatic carbocycles. The predicted molar refractivity (Wildman–Crippen MR) is 82.3 cm³/mol. The molecule has 0 bridgehead atoms. The van der Waals surface area contributed by atoms with Crippen molar-refractivity contribution in [2.45, 2.75) is 31.4 Å². The Bertz CT molecular complexity index is 382. The molecule has 4 N–H and O–H groups in total. The van der Waals surface area contributed by atoms with Crippen molar-refractivity contribution in [3.63, 3.8) is 0 Å². The van der Waals surface area contributed by atoms with Crippen molar-refractivity contribution in [1.82, 2.24) is 0 Å². The number of carbonyl (C=O) groups is 1. The summed E-state index contributed by atoms with van der Waals surface area (Å²) in [6, 6.07) is 7.13. The van der Waals surface area contributed by atoms with E-state index in [4.69, 9.17) is 10.8 Å². The maximum atomic E-state index is 11.7. The van der Waals surface area contributed by atoms with Crippen molar-refractivity contribution in [3.8, 4) is 0 Å². The van der Waals surface area contributed by atoms with Crippen molar-refractivity contribution in [2.24, 2.45) is 0 Å². The molecule has 1 atom stereocenters. The number of rotatable bonds is 8. The van der Waals surface area contributed by atoms with Gasteiger partial charge in [0.1, 0.15) is 0 Å². The van der Waals surface area contributed by atoms with Crippen LogP contribution in [0, 0.1) is 0 Å². The monoisotopic (exact) mass is 282 g/mol. The summed E-state index contributed by atoms with van der Waals surface area (Å²) in [5, 5.41) is 12.1. The molecule has 4 nitrogen and oxygen atoms in total. The number of thioether (sulfide) groups is 1. The van der Waals surface area contributed by atoms with Gasteiger partial charge in [0, 0.05) is 29.7 Å². The number of nitrogens with one attached hydrogen (secondary N) is 1. The van der Waals surface area contributed by atoms with Crippen molar-refractivity contribution < 1.29 is 9.90 Å². The zero-order chi connectivity index (χ0) is 14.1. The van der Waals surface area contributed by atoms with Gasteiger partial charge in [0.15, 0.2) is 0 Å². The lowest BCUT2D eigenvalue weighted by atomic mass is 10.2. The molecule has 19 heavy (non-hydrogen) atoms. The Balaban J connectivity index is 2.16. The van der Waals surface area contributed by atoms with E-state index in [1.165, 1.54) is 0 Å². The highest BCUT2D eigenvalue weighted by atomic mass is 32.2. The molecule has 0 radical (unpaired) electrons. The molecule has 0 aliphatic carbocycles. The number of hydrogen-bond donors (Lipinski definition) is 3. The number of nitrogens with two attached hydrogens (primary N) is 1. The van der Waals surface area contributed by atoms with E-state index in [-0.39, 0.29) is 12.5 Å². The maximum absolute atomic E-state index is 11.7. The van der Waals surface area contributed by atoms with Crippen LogP contribution in [-0.4, -0.2) is 28.6 Å². The smallest absolute Gasteiger partial charge is 0.224 e. The van der Waals surface area contributed by atoms with E-state index >= 15 is 0 Å². The molecule has 0 heterocycles. The summed E-state index contributed by atoms with van der Waals surface area (Å²) in [4.78, 5) is 11.7. The Kier molecular flexibility index (Phi) is 7.36. The Labute approximate surface area is 118 Å². The van der Waals surface area contributed by atoms with Gasteiger partial charge in [0.05, 0.1) is 0 Å². The molecular weight excluding hydrogens is 260 g/mol. The van der Waals surface area contributed by atoms with Crippen molar-refractivity contribution in [1.29, 1.82) is 0 Å². The van der Waals surface area contributed by atoms with Crippen LogP contribution in [0.5, 0.6) is 0 Å². The van der Waals surface area contributed by atoms with Crippen LogP contribution in [0.3, 0.4) is 0 Å². The molecule has 1 rings (SSSR count). The molecule has 0 spiro atoms. The zero-order valence-corrected chi connectivity index (χ0v) is 12.1. The Morgan fingerprint density at radius 2 is 2.11 bits per heavy atom. The van der Waals surface area contributed by atoms with Crippen LogP contribution in [0.4, 0.5) is 11.4 Å². The van der Waals surface area contributed by atoms with Gasteiger partial charge in [0.25, 0.3) is 0 Å². The molecule has 0 aromatic heterocycles. The standard InChI is InChI=1S/C14H22N2O2S/c1-11(8-9-17)19-10-2-3-14(18)16-13-6-4-12(15)5-7-13/h4-7,11,17H,2-3,8-10,15H2,1H3,(H,16,18). The van der Waals surface area contributed by atoms with Crippen molar-refractivity contribution in [3.05, 3.63) is 24.3 Å². The van der Waals surface area contributed by atoms with Gasteiger partial charge in [-0.2, -0.15) is 11.8 Å². The second-order valence-electron chi connectivity index (χ2n) is 4.47. The summed E-state index contributed by atoms with van der Waals surface area (Å²) >= 11 is 1.79. The summed E-state index contributed by atoms with van der Waals surface area (Å²) in [5.74, 6) is 0.969. The number of carbonyl (C=O) groups excluding carboxylic acids is 1. The Hall–Kier alpha value is -1.20. The average Bonchev–Trinajstić information content (AvgIpc) is 2.38. The summed E-state index contributed by atoms with van der Waals surface area (Å²) < 4.78 is 0. The van der Waals surface area contributed by atoms with Crippen molar-refractivity contribution in [2.75, 3.05) is 23.4 Å². The van der Waals surface area contributed by atoms with E-state index in [0.717, 1.165) is 24.3 Å². The zero-order valence-electron chi connectivity index (χ0n) is 11.3. The molecule has 1 aromatic rings. The first kappa shape index (κ1) is 15.9. The van der Waals surface area contributed by atoms with Gasteiger partial charge in [-0.25, -0.2) is 0 Å². The highest BCUT2D eigenvalue weighted by molar-refractivity contribution is 7.99. The number of amides is 1. The number of benzene rings is 1. The molecule has 0 saturated carbocycles. The molecule has 5 heteroatoms. The van der Waals surface area contributed by atoms with Crippen LogP contribution in [0.15, 0.2) is 24.3 Å². The fourth-order valence-electron chi connectivity index (χ4n) is 1.57. The second-order valence-corrected chi connectivity index (χ2v) is 6.01. The van der Waals surface area contributed by atoms with Crippen LogP contribution in [0.1, 0.15) is 26.2 Å². The minimum absolute atomic E-state index is 0.0279. The molecule has 106 valence electrons. The SMILES string of the molecule is CC(CCO)SCCCC(=O)Nc1ccc(N)cc1. The summed E-state index contributed by atoms with van der Waals surface area (Å²) in [7, 11) is 0. The Morgan fingerprint density at radius 3 is 2.74 bits per heavy atom. The fraction of sp³-hybridized carbons (Fsp3) is 0.500. The quantitative estimate of drug-likeness (QED) is 0.506. The molecule has 0 fully saturated rings. The highest BCUT2D eigenvalue weighted by Gasteiger charge is 2.04. The van der Waals surface area contributed by atoms with Crippen LogP contribution in [0.25, 0.3) is 0 Å². The van der Waals surface area contributed by atoms with E-state index in [9.17, 15) is 4.79 Å². The number of hydrogen-bond acceptors (Lipinski definition) is 4. The summed E-state index contributed by atoms with van der Waals surface area (Å²) in [6.45, 7) is 2.32. The van der Waals surface area contributed by atoms with Gasteiger partial charge in [-0.05, 0) is 42.9 Å². The van der Waals surface area contributed by atoms with Crippen LogP contribution in [-0.2, 0) is 4.79 Å². The van der Waals surface area contributed by atoms with Crippen LogP contribution >= 0.6 is 11.8 Å². The van der Waals surface area contributed by atoms with Gasteiger partial charge >= 0.3 is 0 Å². The molecular formula is C14H22N2O2S. The number of aliphatic hydroxyl groups is 1. The van der Waals surface area contributed by atoms with E-state index in [2.05, 4.69) is 12.2 Å². The van der Waals surface area contributed by atoms with Gasteiger partial charge in [-0.3, -0.25) is 4.79 Å². The first-order valence-corrected chi connectivity index (χ1v) is 7.54. The van der Waals surface area contributed by atoms with E-state index in [1.54, 1.807) is 36.0 Å². The minimum Gasteiger partial charge on any atom is -0.399 e. The number of aliphatic hydroxyl groups excluding tert-OH is 1. The lowest BCUT2D eigenvalue weighted by molar-refractivity contribution is -0.116. The maximum Gasteiger partial charge on any atom is 0.224 e. The predicted octanol–water partition coefficient (Wildman–Crippen LogP) is 2.49. The Morgan fingerprint density at radius 1 is 1.42 bits per heavy atom. The van der Waals surface area contributed by atoms with E-state index in [0.29, 0.717) is 17.4 Å². The molecule has 0 aliphatic rings. The first-order chi connectivity index (χ1) is 9.11.